The Balaban J connectivity index is 1.94. The summed E-state index contributed by atoms with van der Waals surface area (Å²) in [7, 11) is 0. The van der Waals surface area contributed by atoms with E-state index in [2.05, 4.69) is 78.0 Å². The van der Waals surface area contributed by atoms with Crippen molar-refractivity contribution in [2.75, 3.05) is 0 Å². The van der Waals surface area contributed by atoms with Gasteiger partial charge in [0.15, 0.2) is 0 Å². The van der Waals surface area contributed by atoms with Crippen molar-refractivity contribution in [3.05, 3.63) is 78.1 Å². The summed E-state index contributed by atoms with van der Waals surface area (Å²) >= 11 is 0. The first kappa shape index (κ1) is 16.0. The van der Waals surface area contributed by atoms with Crippen LogP contribution < -0.4 is 0 Å². The zero-order valence-electron chi connectivity index (χ0n) is 15.6. The summed E-state index contributed by atoms with van der Waals surface area (Å²) in [5, 5.41) is 2.29. The molecular weight excluding hydrogens is 330 g/mol. The molecule has 3 heterocycles. The fourth-order valence-corrected chi connectivity index (χ4v) is 4.13. The van der Waals surface area contributed by atoms with Crippen LogP contribution in [-0.2, 0) is 12.8 Å². The number of nitrogens with zero attached hydrogens (tertiary/aromatic N) is 3. The number of imidazole rings is 1. The number of hydrogen-bond acceptors (Lipinski definition) is 2. The molecule has 3 heteroatoms. The molecule has 5 rings (SSSR count). The van der Waals surface area contributed by atoms with Gasteiger partial charge < -0.3 is 0 Å². The molecule has 5 aromatic rings. The zero-order valence-corrected chi connectivity index (χ0v) is 15.6. The summed E-state index contributed by atoms with van der Waals surface area (Å²) in [5.74, 6) is 0. The molecule has 3 nitrogen and oxygen atoms in total. The fourth-order valence-electron chi connectivity index (χ4n) is 4.13. The summed E-state index contributed by atoms with van der Waals surface area (Å²) in [6.45, 7) is 4.42. The van der Waals surface area contributed by atoms with Crippen LogP contribution in [0, 0.1) is 0 Å². The summed E-state index contributed by atoms with van der Waals surface area (Å²) in [6.07, 6.45) is 6.04. The molecular formula is C24H21N3. The number of pyridine rings is 2. The second-order valence-electron chi connectivity index (χ2n) is 6.89. The first-order chi connectivity index (χ1) is 13.3. The lowest BCUT2D eigenvalue weighted by Gasteiger charge is -2.10. The van der Waals surface area contributed by atoms with Crippen molar-refractivity contribution in [3.63, 3.8) is 0 Å². The van der Waals surface area contributed by atoms with Crippen LogP contribution in [0.3, 0.4) is 0 Å². The minimum absolute atomic E-state index is 0.994. The lowest BCUT2D eigenvalue weighted by Crippen LogP contribution is -1.94. The summed E-state index contributed by atoms with van der Waals surface area (Å²) < 4.78 is 2.20. The third-order valence-electron chi connectivity index (χ3n) is 5.43. The summed E-state index contributed by atoms with van der Waals surface area (Å²) in [6, 6.07) is 19.1. The molecule has 0 spiro atoms. The van der Waals surface area contributed by atoms with Gasteiger partial charge in [0, 0.05) is 28.7 Å². The Hall–Kier alpha value is -3.20. The van der Waals surface area contributed by atoms with Gasteiger partial charge in [0.2, 0.25) is 0 Å². The highest BCUT2D eigenvalue weighted by atomic mass is 15.0. The number of aryl methyl sites for hydroxylation is 2. The van der Waals surface area contributed by atoms with E-state index in [0.717, 1.165) is 46.0 Å². The Morgan fingerprint density at radius 1 is 0.815 bits per heavy atom. The molecule has 0 fully saturated rings. The standard InChI is InChI=1S/C24H21N3/c1-3-16-9-7-10-17(4-2)22(16)20-15-27-21-13-8-14-25-23(21)18-11-5-6-12-19(18)24(27)26-20/h5-15H,3-4H2,1-2H3. The number of aromatic nitrogens is 3. The molecule has 0 N–H and O–H groups in total. The minimum atomic E-state index is 0.994. The molecule has 0 bridgehead atoms. The molecule has 132 valence electrons. The molecule has 3 aromatic heterocycles. The highest BCUT2D eigenvalue weighted by Crippen LogP contribution is 2.33. The van der Waals surface area contributed by atoms with Gasteiger partial charge >= 0.3 is 0 Å². The Labute approximate surface area is 158 Å². The highest BCUT2D eigenvalue weighted by Gasteiger charge is 2.16. The van der Waals surface area contributed by atoms with Crippen LogP contribution in [0.15, 0.2) is 67.0 Å². The lowest BCUT2D eigenvalue weighted by atomic mass is 9.95. The van der Waals surface area contributed by atoms with E-state index in [4.69, 9.17) is 4.98 Å². The molecule has 0 aliphatic heterocycles. The van der Waals surface area contributed by atoms with Crippen LogP contribution >= 0.6 is 0 Å². The molecule has 0 amide bonds. The zero-order chi connectivity index (χ0) is 18.4. The van der Waals surface area contributed by atoms with E-state index in [-0.39, 0.29) is 0 Å². The SMILES string of the molecule is CCc1cccc(CC)c1-c1cn2c3cccnc3c3ccccc3c2n1. The van der Waals surface area contributed by atoms with Crippen LogP contribution in [0.2, 0.25) is 0 Å². The van der Waals surface area contributed by atoms with E-state index >= 15 is 0 Å². The highest BCUT2D eigenvalue weighted by molar-refractivity contribution is 6.10. The van der Waals surface area contributed by atoms with Crippen molar-refractivity contribution < 1.29 is 0 Å². The summed E-state index contributed by atoms with van der Waals surface area (Å²) in [5.41, 5.74) is 8.14. The van der Waals surface area contributed by atoms with Gasteiger partial charge in [0.05, 0.1) is 16.7 Å². The second-order valence-corrected chi connectivity index (χ2v) is 6.89. The van der Waals surface area contributed by atoms with Crippen molar-refractivity contribution in [2.24, 2.45) is 0 Å². The number of fused-ring (bicyclic) bond motifs is 6. The Kier molecular flexibility index (Phi) is 3.68. The maximum absolute atomic E-state index is 5.11. The quantitative estimate of drug-likeness (QED) is 0.383. The van der Waals surface area contributed by atoms with Crippen molar-refractivity contribution in [2.45, 2.75) is 26.7 Å². The van der Waals surface area contributed by atoms with E-state index in [0.29, 0.717) is 0 Å². The van der Waals surface area contributed by atoms with Crippen molar-refractivity contribution in [3.8, 4) is 11.3 Å². The fraction of sp³-hybridized carbons (Fsp3) is 0.167. The van der Waals surface area contributed by atoms with Crippen LogP contribution in [-0.4, -0.2) is 14.4 Å². The molecule has 0 aliphatic carbocycles. The lowest BCUT2D eigenvalue weighted by molar-refractivity contribution is 1.09. The van der Waals surface area contributed by atoms with Gasteiger partial charge in [-0.3, -0.25) is 9.38 Å². The van der Waals surface area contributed by atoms with E-state index in [1.54, 1.807) is 0 Å². The molecule has 0 saturated carbocycles. The first-order valence-corrected chi connectivity index (χ1v) is 9.57. The van der Waals surface area contributed by atoms with Crippen molar-refractivity contribution in [1.29, 1.82) is 0 Å². The van der Waals surface area contributed by atoms with Gasteiger partial charge in [0.25, 0.3) is 0 Å². The molecule has 0 saturated heterocycles. The molecule has 0 unspecified atom stereocenters. The van der Waals surface area contributed by atoms with E-state index in [9.17, 15) is 0 Å². The second kappa shape index (κ2) is 6.20. The van der Waals surface area contributed by atoms with E-state index < -0.39 is 0 Å². The van der Waals surface area contributed by atoms with Crippen LogP contribution in [0.5, 0.6) is 0 Å². The average molecular weight is 351 g/mol. The van der Waals surface area contributed by atoms with Crippen LogP contribution in [0.25, 0.3) is 38.7 Å². The maximum atomic E-state index is 5.11. The Morgan fingerprint density at radius 2 is 1.56 bits per heavy atom. The minimum Gasteiger partial charge on any atom is -0.297 e. The van der Waals surface area contributed by atoms with Crippen LogP contribution in [0.1, 0.15) is 25.0 Å². The van der Waals surface area contributed by atoms with Crippen molar-refractivity contribution in [1.82, 2.24) is 14.4 Å². The molecule has 0 radical (unpaired) electrons. The average Bonchev–Trinajstić information content (AvgIpc) is 3.18. The predicted molar refractivity (Wildman–Crippen MR) is 112 cm³/mol. The predicted octanol–water partition coefficient (Wildman–Crippen LogP) is 5.83. The van der Waals surface area contributed by atoms with Crippen molar-refractivity contribution >= 4 is 27.5 Å². The maximum Gasteiger partial charge on any atom is 0.145 e. The third kappa shape index (κ3) is 2.35. The number of benzene rings is 2. The largest absolute Gasteiger partial charge is 0.297 e. The van der Waals surface area contributed by atoms with E-state index in [1.165, 1.54) is 16.7 Å². The van der Waals surface area contributed by atoms with Gasteiger partial charge in [0.1, 0.15) is 5.65 Å². The molecule has 27 heavy (non-hydrogen) atoms. The Bertz CT molecular complexity index is 1200. The monoisotopic (exact) mass is 351 g/mol. The summed E-state index contributed by atoms with van der Waals surface area (Å²) in [4.78, 5) is 9.77. The van der Waals surface area contributed by atoms with Gasteiger partial charge in [-0.05, 0) is 36.1 Å². The van der Waals surface area contributed by atoms with Gasteiger partial charge in [-0.25, -0.2) is 4.98 Å². The normalized spacial score (nSPS) is 11.6. The van der Waals surface area contributed by atoms with Gasteiger partial charge in [-0.15, -0.1) is 0 Å². The topological polar surface area (TPSA) is 30.2 Å². The molecule has 2 aromatic carbocycles. The first-order valence-electron chi connectivity index (χ1n) is 9.57. The molecule has 0 aliphatic rings. The smallest absolute Gasteiger partial charge is 0.145 e. The van der Waals surface area contributed by atoms with Crippen LogP contribution in [0.4, 0.5) is 0 Å². The molecule has 0 atom stereocenters. The van der Waals surface area contributed by atoms with Gasteiger partial charge in [-0.1, -0.05) is 56.3 Å². The van der Waals surface area contributed by atoms with Gasteiger partial charge in [-0.2, -0.15) is 0 Å². The van der Waals surface area contributed by atoms with E-state index in [1.807, 2.05) is 12.3 Å². The third-order valence-corrected chi connectivity index (χ3v) is 5.43. The number of hydrogen-bond donors (Lipinski definition) is 0. The number of rotatable bonds is 3. The Morgan fingerprint density at radius 3 is 2.30 bits per heavy atom.